The SMILES string of the molecule is Nc1nonc1C(=O)NCC[NH2+]Cc1ccc(-c2cccc(Cl)c2)o1. The average molecular weight is 363 g/mol. The highest BCUT2D eigenvalue weighted by Gasteiger charge is 2.15. The molecule has 3 aromatic rings. The molecule has 0 fully saturated rings. The number of quaternary nitrogens is 1. The second-order valence-electron chi connectivity index (χ2n) is 5.31. The summed E-state index contributed by atoms with van der Waals surface area (Å²) in [5.41, 5.74) is 6.38. The van der Waals surface area contributed by atoms with Gasteiger partial charge in [-0.3, -0.25) is 4.79 Å². The molecule has 0 aliphatic carbocycles. The summed E-state index contributed by atoms with van der Waals surface area (Å²) in [7, 11) is 0. The Labute approximate surface area is 148 Å². The number of anilines is 1. The summed E-state index contributed by atoms with van der Waals surface area (Å²) in [6, 6.07) is 11.3. The number of nitrogens with zero attached hydrogens (tertiary/aromatic N) is 2. The molecule has 2 aromatic heterocycles. The van der Waals surface area contributed by atoms with Crippen molar-refractivity contribution in [1.29, 1.82) is 0 Å². The quantitative estimate of drug-likeness (QED) is 0.540. The van der Waals surface area contributed by atoms with Gasteiger partial charge in [0.15, 0.2) is 5.76 Å². The number of hydrogen-bond donors (Lipinski definition) is 3. The molecule has 0 bridgehead atoms. The number of nitrogens with two attached hydrogens (primary N) is 2. The molecule has 25 heavy (non-hydrogen) atoms. The number of nitrogen functional groups attached to an aromatic ring is 1. The van der Waals surface area contributed by atoms with E-state index in [1.165, 1.54) is 0 Å². The molecule has 3 rings (SSSR count). The summed E-state index contributed by atoms with van der Waals surface area (Å²) in [5, 5.41) is 12.2. The smallest absolute Gasteiger partial charge is 0.277 e. The van der Waals surface area contributed by atoms with Crippen LogP contribution in [0.1, 0.15) is 16.2 Å². The van der Waals surface area contributed by atoms with Crippen LogP contribution in [-0.2, 0) is 6.54 Å². The highest BCUT2D eigenvalue weighted by atomic mass is 35.5. The monoisotopic (exact) mass is 362 g/mol. The number of halogens is 1. The number of amides is 1. The fourth-order valence-electron chi connectivity index (χ4n) is 2.25. The van der Waals surface area contributed by atoms with Gasteiger partial charge in [0, 0.05) is 10.6 Å². The Kier molecular flexibility index (Phi) is 5.32. The van der Waals surface area contributed by atoms with E-state index < -0.39 is 5.91 Å². The van der Waals surface area contributed by atoms with Gasteiger partial charge in [-0.1, -0.05) is 23.7 Å². The van der Waals surface area contributed by atoms with E-state index in [1.807, 2.05) is 41.7 Å². The molecule has 0 saturated heterocycles. The molecule has 8 nitrogen and oxygen atoms in total. The highest BCUT2D eigenvalue weighted by molar-refractivity contribution is 6.30. The third kappa shape index (κ3) is 4.37. The summed E-state index contributed by atoms with van der Waals surface area (Å²) in [6.07, 6.45) is 0. The Hall–Kier alpha value is -2.84. The van der Waals surface area contributed by atoms with Gasteiger partial charge in [-0.05, 0) is 34.6 Å². The lowest BCUT2D eigenvalue weighted by Gasteiger charge is -2.02. The number of hydrogen-bond acceptors (Lipinski definition) is 6. The number of aromatic nitrogens is 2. The standard InChI is InChI=1S/C16H16ClN5O3/c17-11-3-1-2-10(8-11)13-5-4-12(24-13)9-19-6-7-20-16(23)14-15(18)22-25-21-14/h1-5,8,19H,6-7,9H2,(H2,18,22)(H,20,23)/p+1. The van der Waals surface area contributed by atoms with Crippen LogP contribution in [0.25, 0.3) is 11.3 Å². The van der Waals surface area contributed by atoms with E-state index in [-0.39, 0.29) is 11.5 Å². The van der Waals surface area contributed by atoms with Gasteiger partial charge in [0.25, 0.3) is 5.91 Å². The molecule has 1 amide bonds. The Morgan fingerprint density at radius 3 is 2.92 bits per heavy atom. The lowest BCUT2D eigenvalue weighted by atomic mass is 10.2. The largest absolute Gasteiger partial charge is 0.455 e. The van der Waals surface area contributed by atoms with E-state index >= 15 is 0 Å². The molecule has 0 aliphatic rings. The van der Waals surface area contributed by atoms with Crippen LogP contribution in [0.5, 0.6) is 0 Å². The molecule has 0 radical (unpaired) electrons. The van der Waals surface area contributed by atoms with E-state index in [4.69, 9.17) is 21.8 Å². The maximum absolute atomic E-state index is 11.8. The van der Waals surface area contributed by atoms with Crippen molar-refractivity contribution in [2.45, 2.75) is 6.54 Å². The number of carbonyl (C=O) groups excluding carboxylic acids is 1. The number of benzene rings is 1. The topological polar surface area (TPSA) is 124 Å². The minimum atomic E-state index is -0.409. The fraction of sp³-hybridized carbons (Fsp3) is 0.188. The maximum Gasteiger partial charge on any atom is 0.277 e. The predicted octanol–water partition coefficient (Wildman–Crippen LogP) is 1.06. The summed E-state index contributed by atoms with van der Waals surface area (Å²) in [6.45, 7) is 1.78. The molecule has 0 saturated carbocycles. The first-order valence-corrected chi connectivity index (χ1v) is 8.04. The fourth-order valence-corrected chi connectivity index (χ4v) is 2.44. The molecular weight excluding hydrogens is 346 g/mol. The van der Waals surface area contributed by atoms with Crippen molar-refractivity contribution in [3.8, 4) is 11.3 Å². The predicted molar refractivity (Wildman–Crippen MR) is 90.7 cm³/mol. The van der Waals surface area contributed by atoms with Crippen LogP contribution >= 0.6 is 11.6 Å². The summed E-state index contributed by atoms with van der Waals surface area (Å²) in [4.78, 5) is 11.8. The molecule has 0 unspecified atom stereocenters. The minimum absolute atomic E-state index is 0.00259. The van der Waals surface area contributed by atoms with Gasteiger partial charge in [-0.25, -0.2) is 4.63 Å². The third-order valence-corrected chi connectivity index (χ3v) is 3.71. The van der Waals surface area contributed by atoms with Crippen LogP contribution < -0.4 is 16.4 Å². The van der Waals surface area contributed by atoms with E-state index in [1.54, 1.807) is 0 Å². The first kappa shape index (κ1) is 17.0. The molecule has 0 spiro atoms. The molecule has 2 heterocycles. The van der Waals surface area contributed by atoms with Crippen LogP contribution in [0, 0.1) is 0 Å². The van der Waals surface area contributed by atoms with Gasteiger partial charge < -0.3 is 20.8 Å². The summed E-state index contributed by atoms with van der Waals surface area (Å²) < 4.78 is 10.2. The van der Waals surface area contributed by atoms with Crippen LogP contribution in [0.3, 0.4) is 0 Å². The van der Waals surface area contributed by atoms with Crippen molar-refractivity contribution in [1.82, 2.24) is 15.6 Å². The van der Waals surface area contributed by atoms with Crippen molar-refractivity contribution in [2.75, 3.05) is 18.8 Å². The van der Waals surface area contributed by atoms with E-state index in [2.05, 4.69) is 20.3 Å². The first-order valence-electron chi connectivity index (χ1n) is 7.66. The Bertz CT molecular complexity index is 861. The molecule has 0 atom stereocenters. The highest BCUT2D eigenvalue weighted by Crippen LogP contribution is 2.24. The normalized spacial score (nSPS) is 10.8. The zero-order valence-corrected chi connectivity index (χ0v) is 14.0. The van der Waals surface area contributed by atoms with Gasteiger partial charge in [0.1, 0.15) is 12.3 Å². The lowest BCUT2D eigenvalue weighted by Crippen LogP contribution is -2.84. The van der Waals surface area contributed by atoms with E-state index in [0.717, 1.165) is 17.1 Å². The van der Waals surface area contributed by atoms with Crippen molar-refractivity contribution >= 4 is 23.3 Å². The van der Waals surface area contributed by atoms with Crippen molar-refractivity contribution < 1.29 is 19.2 Å². The number of nitrogens with one attached hydrogen (secondary N) is 1. The molecule has 130 valence electrons. The van der Waals surface area contributed by atoms with Crippen molar-refractivity contribution in [3.63, 3.8) is 0 Å². The first-order chi connectivity index (χ1) is 12.1. The number of carbonyl (C=O) groups is 1. The van der Waals surface area contributed by atoms with Gasteiger partial charge in [-0.2, -0.15) is 0 Å². The number of furan rings is 1. The summed E-state index contributed by atoms with van der Waals surface area (Å²) in [5.74, 6) is 1.18. The van der Waals surface area contributed by atoms with Crippen LogP contribution in [0.4, 0.5) is 5.82 Å². The Morgan fingerprint density at radius 1 is 1.28 bits per heavy atom. The molecule has 9 heteroatoms. The van der Waals surface area contributed by atoms with Gasteiger partial charge in [0.2, 0.25) is 11.5 Å². The van der Waals surface area contributed by atoms with Gasteiger partial charge in [-0.15, -0.1) is 0 Å². The van der Waals surface area contributed by atoms with Crippen LogP contribution in [-0.4, -0.2) is 29.3 Å². The zero-order valence-electron chi connectivity index (χ0n) is 13.2. The summed E-state index contributed by atoms with van der Waals surface area (Å²) >= 11 is 5.99. The molecule has 1 aromatic carbocycles. The van der Waals surface area contributed by atoms with E-state index in [9.17, 15) is 4.79 Å². The van der Waals surface area contributed by atoms with Crippen LogP contribution in [0.2, 0.25) is 5.02 Å². The second kappa shape index (κ2) is 7.82. The lowest BCUT2D eigenvalue weighted by molar-refractivity contribution is -0.670. The van der Waals surface area contributed by atoms with Crippen LogP contribution in [0.15, 0.2) is 45.4 Å². The maximum atomic E-state index is 11.8. The molecule has 0 aliphatic heterocycles. The minimum Gasteiger partial charge on any atom is -0.455 e. The zero-order chi connectivity index (χ0) is 17.6. The van der Waals surface area contributed by atoms with Crippen molar-refractivity contribution in [3.05, 3.63) is 52.9 Å². The van der Waals surface area contributed by atoms with E-state index in [0.29, 0.717) is 24.7 Å². The molecule has 5 N–H and O–H groups in total. The second-order valence-corrected chi connectivity index (χ2v) is 5.75. The average Bonchev–Trinajstić information content (AvgIpc) is 3.23. The molecular formula is C16H17ClN5O3+. The Balaban J connectivity index is 1.43. The van der Waals surface area contributed by atoms with Gasteiger partial charge in [0.05, 0.1) is 13.1 Å². The van der Waals surface area contributed by atoms with Gasteiger partial charge >= 0.3 is 0 Å². The Morgan fingerprint density at radius 2 is 2.16 bits per heavy atom. The number of rotatable bonds is 7. The third-order valence-electron chi connectivity index (χ3n) is 3.48. The van der Waals surface area contributed by atoms with Crippen molar-refractivity contribution in [2.24, 2.45) is 0 Å².